The maximum atomic E-state index is 12.2. The number of nitrogen functional groups attached to an aromatic ring is 2. The third-order valence-electron chi connectivity index (χ3n) is 4.92. The first kappa shape index (κ1) is 25.4. The smallest absolute Gasteiger partial charge is 0.280 e. The third-order valence-corrected chi connectivity index (χ3v) is 5.20. The number of nitrogens with one attached hydrogen (secondary N) is 1. The van der Waals surface area contributed by atoms with Crippen molar-refractivity contribution in [3.63, 3.8) is 0 Å². The molecule has 0 aliphatic carbocycles. The summed E-state index contributed by atoms with van der Waals surface area (Å²) in [5.41, 5.74) is 27.4. The van der Waals surface area contributed by atoms with Crippen LogP contribution in [-0.4, -0.2) is 90.0 Å². The molecule has 32 heavy (non-hydrogen) atoms. The van der Waals surface area contributed by atoms with Gasteiger partial charge in [0, 0.05) is 45.8 Å². The highest BCUT2D eigenvalue weighted by Crippen LogP contribution is 2.17. The number of aromatic nitrogens is 2. The molecule has 0 saturated carbocycles. The van der Waals surface area contributed by atoms with Crippen LogP contribution in [0.4, 0.5) is 11.6 Å². The molecule has 178 valence electrons. The summed E-state index contributed by atoms with van der Waals surface area (Å²) < 4.78 is 0. The fourth-order valence-corrected chi connectivity index (χ4v) is 3.34. The molecule has 0 unspecified atom stereocenters. The number of piperazine rings is 1. The van der Waals surface area contributed by atoms with Crippen molar-refractivity contribution in [1.82, 2.24) is 25.1 Å². The molecule has 0 aromatic carbocycles. The Labute approximate surface area is 192 Å². The van der Waals surface area contributed by atoms with Crippen molar-refractivity contribution in [1.29, 1.82) is 0 Å². The normalized spacial score (nSPS) is 15.5. The summed E-state index contributed by atoms with van der Waals surface area (Å²) in [6, 6.07) is 0. The summed E-state index contributed by atoms with van der Waals surface area (Å²) in [6.45, 7) is 7.33. The fourth-order valence-electron chi connectivity index (χ4n) is 3.21. The molecule has 1 aromatic heterocycles. The van der Waals surface area contributed by atoms with Crippen molar-refractivity contribution in [3.05, 3.63) is 10.8 Å². The SMILES string of the molecule is NC(N)=NCCCN1CCN(CCCCN=C(N)NC(=O)c2nc(Cl)c(N)nc2N)CC1. The Kier molecular flexibility index (Phi) is 10.2. The van der Waals surface area contributed by atoms with Gasteiger partial charge in [-0.3, -0.25) is 20.1 Å². The maximum Gasteiger partial charge on any atom is 0.280 e. The number of halogens is 1. The summed E-state index contributed by atoms with van der Waals surface area (Å²) in [4.78, 5) is 32.8. The number of hydrogen-bond acceptors (Lipinski definition) is 9. The average molecular weight is 469 g/mol. The van der Waals surface area contributed by atoms with Crippen LogP contribution in [0.2, 0.25) is 5.15 Å². The number of unbranched alkanes of at least 4 members (excludes halogenated alkanes) is 1. The number of nitrogens with zero attached hydrogens (tertiary/aromatic N) is 6. The van der Waals surface area contributed by atoms with E-state index < -0.39 is 5.91 Å². The van der Waals surface area contributed by atoms with E-state index in [0.29, 0.717) is 13.1 Å². The molecule has 1 amide bonds. The molecular formula is C18H33ClN12O. The lowest BCUT2D eigenvalue weighted by Crippen LogP contribution is -2.46. The highest BCUT2D eigenvalue weighted by atomic mass is 35.5. The quantitative estimate of drug-likeness (QED) is 0.131. The largest absolute Gasteiger partial charge is 0.382 e. The first-order valence-electron chi connectivity index (χ1n) is 10.5. The van der Waals surface area contributed by atoms with Crippen molar-refractivity contribution in [2.24, 2.45) is 27.2 Å². The van der Waals surface area contributed by atoms with Crippen LogP contribution in [0.3, 0.4) is 0 Å². The Morgan fingerprint density at radius 1 is 0.906 bits per heavy atom. The lowest BCUT2D eigenvalue weighted by Gasteiger charge is -2.34. The van der Waals surface area contributed by atoms with Gasteiger partial charge in [-0.2, -0.15) is 0 Å². The zero-order valence-corrected chi connectivity index (χ0v) is 18.9. The van der Waals surface area contributed by atoms with Gasteiger partial charge in [-0.1, -0.05) is 11.6 Å². The fraction of sp³-hybridized carbons (Fsp3) is 0.611. The van der Waals surface area contributed by atoms with Crippen LogP contribution in [0.15, 0.2) is 9.98 Å². The van der Waals surface area contributed by atoms with Crippen molar-refractivity contribution >= 4 is 41.1 Å². The van der Waals surface area contributed by atoms with Crippen LogP contribution < -0.4 is 34.0 Å². The van der Waals surface area contributed by atoms with Gasteiger partial charge in [-0.05, 0) is 25.8 Å². The van der Waals surface area contributed by atoms with Crippen LogP contribution in [0.1, 0.15) is 29.8 Å². The van der Waals surface area contributed by atoms with E-state index in [4.69, 9.17) is 40.3 Å². The van der Waals surface area contributed by atoms with E-state index in [2.05, 4.69) is 35.1 Å². The predicted molar refractivity (Wildman–Crippen MR) is 127 cm³/mol. The number of anilines is 2. The zero-order valence-electron chi connectivity index (χ0n) is 18.1. The molecule has 1 aliphatic rings. The van der Waals surface area contributed by atoms with Crippen molar-refractivity contribution in [2.75, 3.05) is 63.8 Å². The zero-order chi connectivity index (χ0) is 23.5. The summed E-state index contributed by atoms with van der Waals surface area (Å²) in [5, 5.41) is 2.32. The van der Waals surface area contributed by atoms with E-state index in [1.807, 2.05) is 0 Å². The lowest BCUT2D eigenvalue weighted by atomic mass is 10.2. The summed E-state index contributed by atoms with van der Waals surface area (Å²) in [6.07, 6.45) is 2.80. The molecule has 2 rings (SSSR count). The topological polar surface area (TPSA) is 216 Å². The van der Waals surface area contributed by atoms with Crippen molar-refractivity contribution in [3.8, 4) is 0 Å². The van der Waals surface area contributed by atoms with Gasteiger partial charge in [0.2, 0.25) is 0 Å². The van der Waals surface area contributed by atoms with Gasteiger partial charge in [0.1, 0.15) is 0 Å². The average Bonchev–Trinajstić information content (AvgIpc) is 2.74. The minimum atomic E-state index is -0.644. The van der Waals surface area contributed by atoms with Gasteiger partial charge < -0.3 is 38.5 Å². The summed E-state index contributed by atoms with van der Waals surface area (Å²) >= 11 is 5.78. The number of nitrogens with two attached hydrogens (primary N) is 5. The van der Waals surface area contributed by atoms with Crippen LogP contribution in [0.5, 0.6) is 0 Å². The van der Waals surface area contributed by atoms with E-state index in [1.165, 1.54) is 0 Å². The lowest BCUT2D eigenvalue weighted by molar-refractivity contribution is 0.0972. The predicted octanol–water partition coefficient (Wildman–Crippen LogP) is -1.60. The monoisotopic (exact) mass is 468 g/mol. The van der Waals surface area contributed by atoms with Gasteiger partial charge >= 0.3 is 0 Å². The van der Waals surface area contributed by atoms with Crippen molar-refractivity contribution < 1.29 is 4.79 Å². The molecule has 1 aliphatic heterocycles. The van der Waals surface area contributed by atoms with E-state index in [0.717, 1.165) is 58.5 Å². The molecule has 1 aromatic rings. The number of hydrogen-bond donors (Lipinski definition) is 6. The minimum Gasteiger partial charge on any atom is -0.382 e. The van der Waals surface area contributed by atoms with E-state index in [1.54, 1.807) is 0 Å². The molecule has 1 fully saturated rings. The second kappa shape index (κ2) is 12.8. The molecule has 0 spiro atoms. The minimum absolute atomic E-state index is 0.0153. The van der Waals surface area contributed by atoms with Crippen LogP contribution >= 0.6 is 11.6 Å². The number of rotatable bonds is 10. The number of aliphatic imine (C=N–C) groups is 2. The van der Waals surface area contributed by atoms with Crippen LogP contribution in [-0.2, 0) is 0 Å². The molecule has 13 nitrogen and oxygen atoms in total. The third kappa shape index (κ3) is 8.69. The molecular weight excluding hydrogens is 436 g/mol. The van der Waals surface area contributed by atoms with Gasteiger partial charge in [0.15, 0.2) is 34.4 Å². The Morgan fingerprint density at radius 3 is 2.12 bits per heavy atom. The van der Waals surface area contributed by atoms with Crippen LogP contribution in [0.25, 0.3) is 0 Å². The number of carbonyl (C=O) groups excluding carboxylic acids is 1. The van der Waals surface area contributed by atoms with E-state index >= 15 is 0 Å². The Balaban J connectivity index is 1.61. The number of guanidine groups is 2. The first-order chi connectivity index (χ1) is 15.3. The van der Waals surface area contributed by atoms with Crippen LogP contribution in [0, 0.1) is 0 Å². The molecule has 2 heterocycles. The highest BCUT2D eigenvalue weighted by molar-refractivity contribution is 6.31. The number of carbonyl (C=O) groups is 1. The maximum absolute atomic E-state index is 12.2. The second-order valence-electron chi connectivity index (χ2n) is 7.41. The van der Waals surface area contributed by atoms with E-state index in [-0.39, 0.29) is 34.4 Å². The molecule has 11 N–H and O–H groups in total. The molecule has 0 radical (unpaired) electrons. The second-order valence-corrected chi connectivity index (χ2v) is 7.76. The first-order valence-corrected chi connectivity index (χ1v) is 10.8. The molecule has 14 heteroatoms. The van der Waals surface area contributed by atoms with Gasteiger partial charge in [0.05, 0.1) is 0 Å². The van der Waals surface area contributed by atoms with Gasteiger partial charge in [-0.15, -0.1) is 0 Å². The van der Waals surface area contributed by atoms with Gasteiger partial charge in [-0.25, -0.2) is 9.97 Å². The van der Waals surface area contributed by atoms with Crippen molar-refractivity contribution in [2.45, 2.75) is 19.3 Å². The molecule has 0 atom stereocenters. The van der Waals surface area contributed by atoms with Gasteiger partial charge in [0.25, 0.3) is 5.91 Å². The Bertz CT molecular complexity index is 818. The number of amides is 1. The molecule has 0 bridgehead atoms. The standard InChI is InChI=1S/C18H33ClN12O/c19-13-15(21)28-14(20)12(27-13)16(32)29-18(24)26-4-1-2-6-30-8-10-31(11-9-30)7-3-5-25-17(22)23/h1-11H2,(H4,20,21,28)(H4,22,23,25)(H3,24,26,29,32). The highest BCUT2D eigenvalue weighted by Gasteiger charge is 2.17. The summed E-state index contributed by atoms with van der Waals surface area (Å²) in [5.74, 6) is -0.695. The Morgan fingerprint density at radius 2 is 1.50 bits per heavy atom. The summed E-state index contributed by atoms with van der Waals surface area (Å²) in [7, 11) is 0. The molecule has 1 saturated heterocycles. The Hall–Kier alpha value is -2.90. The van der Waals surface area contributed by atoms with E-state index in [9.17, 15) is 4.79 Å².